The van der Waals surface area contributed by atoms with Gasteiger partial charge in [0.15, 0.2) is 0 Å². The zero-order chi connectivity index (χ0) is 13.1. The molecule has 0 atom stereocenters. The van der Waals surface area contributed by atoms with Crippen LogP contribution >= 0.6 is 15.9 Å². The SMILES string of the molecule is Cc1cc(C#N)cc(C)c1Oc1cncc(Br)c1. The molecule has 0 saturated heterocycles. The topological polar surface area (TPSA) is 45.9 Å². The van der Waals surface area contributed by atoms with Gasteiger partial charge in [0.1, 0.15) is 11.5 Å². The van der Waals surface area contributed by atoms with Crippen molar-refractivity contribution in [2.75, 3.05) is 0 Å². The van der Waals surface area contributed by atoms with Crippen molar-refractivity contribution in [1.29, 1.82) is 5.26 Å². The van der Waals surface area contributed by atoms with Crippen molar-refractivity contribution in [3.63, 3.8) is 0 Å². The Labute approximate surface area is 114 Å². The van der Waals surface area contributed by atoms with Gasteiger partial charge in [-0.25, -0.2) is 0 Å². The molecule has 0 saturated carbocycles. The summed E-state index contributed by atoms with van der Waals surface area (Å²) in [6, 6.07) is 7.61. The molecular weight excluding hydrogens is 292 g/mol. The summed E-state index contributed by atoms with van der Waals surface area (Å²) in [5.41, 5.74) is 2.52. The third kappa shape index (κ3) is 2.69. The smallest absolute Gasteiger partial charge is 0.146 e. The van der Waals surface area contributed by atoms with Crippen molar-refractivity contribution in [2.24, 2.45) is 0 Å². The molecule has 0 aliphatic rings. The molecule has 0 bridgehead atoms. The number of aromatic nitrogens is 1. The second-order valence-corrected chi connectivity index (χ2v) is 4.91. The van der Waals surface area contributed by atoms with E-state index in [0.717, 1.165) is 21.3 Å². The van der Waals surface area contributed by atoms with Crippen LogP contribution in [0.15, 0.2) is 35.1 Å². The normalized spacial score (nSPS) is 9.89. The van der Waals surface area contributed by atoms with E-state index in [4.69, 9.17) is 10.00 Å². The van der Waals surface area contributed by atoms with Gasteiger partial charge in [-0.15, -0.1) is 0 Å². The van der Waals surface area contributed by atoms with Crippen molar-refractivity contribution in [1.82, 2.24) is 4.98 Å². The first kappa shape index (κ1) is 12.6. The molecule has 0 unspecified atom stereocenters. The van der Waals surface area contributed by atoms with Crippen LogP contribution in [0.5, 0.6) is 11.5 Å². The summed E-state index contributed by atoms with van der Waals surface area (Å²) in [4.78, 5) is 4.05. The maximum absolute atomic E-state index is 8.90. The van der Waals surface area contributed by atoms with Crippen LogP contribution in [-0.2, 0) is 0 Å². The van der Waals surface area contributed by atoms with Gasteiger partial charge in [-0.1, -0.05) is 0 Å². The van der Waals surface area contributed by atoms with Crippen LogP contribution in [0.1, 0.15) is 16.7 Å². The third-order valence-corrected chi connectivity index (χ3v) is 2.92. The number of rotatable bonds is 2. The van der Waals surface area contributed by atoms with Gasteiger partial charge in [0.05, 0.1) is 17.8 Å². The van der Waals surface area contributed by atoms with E-state index in [2.05, 4.69) is 27.0 Å². The number of nitrogens with zero attached hydrogens (tertiary/aromatic N) is 2. The highest BCUT2D eigenvalue weighted by molar-refractivity contribution is 9.10. The lowest BCUT2D eigenvalue weighted by molar-refractivity contribution is 0.472. The lowest BCUT2D eigenvalue weighted by Gasteiger charge is -2.12. The molecule has 1 aromatic heterocycles. The maximum atomic E-state index is 8.90. The molecule has 18 heavy (non-hydrogen) atoms. The fourth-order valence-corrected chi connectivity index (χ4v) is 2.09. The molecule has 1 aromatic carbocycles. The molecule has 90 valence electrons. The molecule has 3 nitrogen and oxygen atoms in total. The van der Waals surface area contributed by atoms with Crippen molar-refractivity contribution in [2.45, 2.75) is 13.8 Å². The molecule has 2 aromatic rings. The van der Waals surface area contributed by atoms with E-state index >= 15 is 0 Å². The summed E-state index contributed by atoms with van der Waals surface area (Å²) in [6.45, 7) is 3.85. The molecule has 0 amide bonds. The van der Waals surface area contributed by atoms with Crippen LogP contribution in [0.3, 0.4) is 0 Å². The minimum atomic E-state index is 0.643. The van der Waals surface area contributed by atoms with Crippen LogP contribution in [0.4, 0.5) is 0 Å². The summed E-state index contributed by atoms with van der Waals surface area (Å²) < 4.78 is 6.68. The second kappa shape index (κ2) is 5.19. The Balaban J connectivity index is 2.38. The van der Waals surface area contributed by atoms with Crippen LogP contribution < -0.4 is 4.74 Å². The standard InChI is InChI=1S/C14H11BrN2O/c1-9-3-11(6-16)4-10(2)14(9)18-13-5-12(15)7-17-8-13/h3-5,7-8H,1-2H3. The number of pyridine rings is 1. The molecule has 0 aliphatic carbocycles. The van der Waals surface area contributed by atoms with Gasteiger partial charge in [-0.3, -0.25) is 4.98 Å². The molecule has 0 radical (unpaired) electrons. The molecule has 1 heterocycles. The summed E-state index contributed by atoms with van der Waals surface area (Å²) in [6.07, 6.45) is 3.35. The van der Waals surface area contributed by atoms with Gasteiger partial charge in [0, 0.05) is 10.7 Å². The van der Waals surface area contributed by atoms with E-state index in [0.29, 0.717) is 11.3 Å². The first-order valence-corrected chi connectivity index (χ1v) is 6.19. The van der Waals surface area contributed by atoms with Crippen LogP contribution in [0.25, 0.3) is 0 Å². The molecule has 4 heteroatoms. The Kier molecular flexibility index (Phi) is 3.63. The van der Waals surface area contributed by atoms with E-state index in [-0.39, 0.29) is 0 Å². The van der Waals surface area contributed by atoms with Crippen LogP contribution in [0.2, 0.25) is 0 Å². The van der Waals surface area contributed by atoms with E-state index in [1.54, 1.807) is 12.4 Å². The average molecular weight is 303 g/mol. The minimum absolute atomic E-state index is 0.643. The third-order valence-electron chi connectivity index (χ3n) is 2.49. The van der Waals surface area contributed by atoms with Gasteiger partial charge in [-0.2, -0.15) is 5.26 Å². The van der Waals surface area contributed by atoms with Crippen molar-refractivity contribution in [3.8, 4) is 17.6 Å². The van der Waals surface area contributed by atoms with Crippen molar-refractivity contribution in [3.05, 3.63) is 51.8 Å². The zero-order valence-electron chi connectivity index (χ0n) is 10.1. The second-order valence-electron chi connectivity index (χ2n) is 3.99. The number of hydrogen-bond acceptors (Lipinski definition) is 3. The summed E-state index contributed by atoms with van der Waals surface area (Å²) in [5, 5.41) is 8.90. The highest BCUT2D eigenvalue weighted by Crippen LogP contribution is 2.30. The molecule has 0 aliphatic heterocycles. The number of aryl methyl sites for hydroxylation is 2. The largest absolute Gasteiger partial charge is 0.455 e. The van der Waals surface area contributed by atoms with E-state index in [1.807, 2.05) is 32.0 Å². The summed E-state index contributed by atoms with van der Waals surface area (Å²) in [5.74, 6) is 1.44. The average Bonchev–Trinajstić information content (AvgIpc) is 2.33. The number of hydrogen-bond donors (Lipinski definition) is 0. The first-order chi connectivity index (χ1) is 8.60. The summed E-state index contributed by atoms with van der Waals surface area (Å²) in [7, 11) is 0. The zero-order valence-corrected chi connectivity index (χ0v) is 11.7. The number of benzene rings is 1. The quantitative estimate of drug-likeness (QED) is 0.838. The Morgan fingerprint density at radius 2 is 1.83 bits per heavy atom. The van der Waals surface area contributed by atoms with Gasteiger partial charge >= 0.3 is 0 Å². The Hall–Kier alpha value is -1.86. The monoisotopic (exact) mass is 302 g/mol. The van der Waals surface area contributed by atoms with Gasteiger partial charge in [0.2, 0.25) is 0 Å². The number of ether oxygens (including phenoxy) is 1. The highest BCUT2D eigenvalue weighted by Gasteiger charge is 2.08. The van der Waals surface area contributed by atoms with E-state index < -0.39 is 0 Å². The molecule has 0 spiro atoms. The molecule has 2 rings (SSSR count). The van der Waals surface area contributed by atoms with Crippen LogP contribution in [-0.4, -0.2) is 4.98 Å². The van der Waals surface area contributed by atoms with Gasteiger partial charge < -0.3 is 4.74 Å². The Morgan fingerprint density at radius 3 is 2.39 bits per heavy atom. The predicted molar refractivity (Wildman–Crippen MR) is 72.6 cm³/mol. The molecular formula is C14H11BrN2O. The Bertz CT molecular complexity index is 609. The lowest BCUT2D eigenvalue weighted by atomic mass is 10.1. The van der Waals surface area contributed by atoms with Crippen LogP contribution in [0, 0.1) is 25.2 Å². The van der Waals surface area contributed by atoms with Gasteiger partial charge in [-0.05, 0) is 59.1 Å². The predicted octanol–water partition coefficient (Wildman–Crippen LogP) is 4.12. The fourth-order valence-electron chi connectivity index (χ4n) is 1.74. The van der Waals surface area contributed by atoms with Gasteiger partial charge in [0.25, 0.3) is 0 Å². The number of nitriles is 1. The summed E-state index contributed by atoms with van der Waals surface area (Å²) >= 11 is 3.35. The molecule has 0 fully saturated rings. The first-order valence-electron chi connectivity index (χ1n) is 5.40. The number of halogens is 1. The van der Waals surface area contributed by atoms with Crippen molar-refractivity contribution >= 4 is 15.9 Å². The highest BCUT2D eigenvalue weighted by atomic mass is 79.9. The molecule has 0 N–H and O–H groups in total. The van der Waals surface area contributed by atoms with Crippen molar-refractivity contribution < 1.29 is 4.74 Å². The lowest BCUT2D eigenvalue weighted by Crippen LogP contribution is -1.93. The van der Waals surface area contributed by atoms with E-state index in [1.165, 1.54) is 0 Å². The Morgan fingerprint density at radius 1 is 1.17 bits per heavy atom. The van der Waals surface area contributed by atoms with E-state index in [9.17, 15) is 0 Å². The maximum Gasteiger partial charge on any atom is 0.146 e. The minimum Gasteiger partial charge on any atom is -0.455 e. The fraction of sp³-hybridized carbons (Fsp3) is 0.143.